The molecule has 0 unspecified atom stereocenters. The molecule has 0 aliphatic carbocycles. The van der Waals surface area contributed by atoms with Crippen molar-refractivity contribution in [2.45, 2.75) is 5.22 Å². The first-order valence-electron chi connectivity index (χ1n) is 9.81. The molecule has 0 radical (unpaired) electrons. The number of nitro groups is 1. The lowest BCUT2D eigenvalue weighted by atomic mass is 10.0. The molecular weight excluding hydrogens is 480 g/mol. The zero-order valence-electron chi connectivity index (χ0n) is 17.3. The van der Waals surface area contributed by atoms with E-state index < -0.39 is 10.8 Å². The van der Waals surface area contributed by atoms with Crippen LogP contribution in [0.25, 0.3) is 11.5 Å². The van der Waals surface area contributed by atoms with Gasteiger partial charge in [0.25, 0.3) is 16.8 Å². The summed E-state index contributed by atoms with van der Waals surface area (Å²) in [6.45, 7) is 0. The zero-order chi connectivity index (χ0) is 24.1. The molecule has 1 amide bonds. The number of ketones is 1. The van der Waals surface area contributed by atoms with Gasteiger partial charge in [0.2, 0.25) is 5.91 Å². The van der Waals surface area contributed by atoms with Gasteiger partial charge in [-0.3, -0.25) is 19.7 Å². The third kappa shape index (κ3) is 5.30. The van der Waals surface area contributed by atoms with Crippen molar-refractivity contribution >= 4 is 46.4 Å². The maximum atomic E-state index is 12.9. The Morgan fingerprint density at radius 1 is 1.03 bits per heavy atom. The van der Waals surface area contributed by atoms with E-state index in [1.807, 2.05) is 0 Å². The van der Waals surface area contributed by atoms with Gasteiger partial charge >= 0.3 is 0 Å². The first-order chi connectivity index (χ1) is 16.4. The Balaban J connectivity index is 1.45. The Morgan fingerprint density at radius 3 is 2.53 bits per heavy atom. The number of hydrogen-bond acceptors (Lipinski definition) is 8. The van der Waals surface area contributed by atoms with E-state index in [2.05, 4.69) is 15.5 Å². The van der Waals surface area contributed by atoms with Crippen LogP contribution in [0.3, 0.4) is 0 Å². The van der Waals surface area contributed by atoms with E-state index in [9.17, 15) is 19.7 Å². The molecule has 1 heterocycles. The maximum absolute atomic E-state index is 12.9. The lowest BCUT2D eigenvalue weighted by Gasteiger charge is -2.11. The molecule has 4 aromatic rings. The average molecular weight is 495 g/mol. The number of nitrogens with zero attached hydrogens (tertiary/aromatic N) is 3. The second-order valence-electron chi connectivity index (χ2n) is 6.87. The molecule has 9 nitrogen and oxygen atoms in total. The fourth-order valence-corrected chi connectivity index (χ4v) is 3.80. The molecule has 0 bridgehead atoms. The van der Waals surface area contributed by atoms with Gasteiger partial charge in [0.1, 0.15) is 5.56 Å². The SMILES string of the molecule is O=C(CSc1nnc(-c2ccccc2[N+](=O)[O-])o1)Nc1ccc(Cl)cc1C(=O)c1ccccc1. The van der Waals surface area contributed by atoms with Crippen LogP contribution in [0.15, 0.2) is 82.4 Å². The monoisotopic (exact) mass is 494 g/mol. The number of thioether (sulfide) groups is 1. The molecule has 0 fully saturated rings. The van der Waals surface area contributed by atoms with E-state index in [0.717, 1.165) is 11.8 Å². The summed E-state index contributed by atoms with van der Waals surface area (Å²) in [7, 11) is 0. The van der Waals surface area contributed by atoms with Gasteiger partial charge in [0.15, 0.2) is 5.78 Å². The molecular formula is C23H15ClN4O5S. The van der Waals surface area contributed by atoms with Gasteiger partial charge in [-0.2, -0.15) is 0 Å². The fourth-order valence-electron chi connectivity index (χ4n) is 3.06. The summed E-state index contributed by atoms with van der Waals surface area (Å²) >= 11 is 7.03. The van der Waals surface area contributed by atoms with Gasteiger partial charge in [-0.1, -0.05) is 65.8 Å². The molecule has 11 heteroatoms. The summed E-state index contributed by atoms with van der Waals surface area (Å²) in [4.78, 5) is 36.1. The molecule has 0 aliphatic heterocycles. The third-order valence-corrected chi connectivity index (χ3v) is 5.65. The van der Waals surface area contributed by atoms with Crippen LogP contribution >= 0.6 is 23.4 Å². The molecule has 34 heavy (non-hydrogen) atoms. The summed E-state index contributed by atoms with van der Waals surface area (Å²) in [5, 5.41) is 22.0. The van der Waals surface area contributed by atoms with Crippen molar-refractivity contribution in [3.63, 3.8) is 0 Å². The fraction of sp³-hybridized carbons (Fsp3) is 0.0435. The van der Waals surface area contributed by atoms with Crippen LogP contribution in [0.2, 0.25) is 5.02 Å². The number of para-hydroxylation sites is 1. The number of aromatic nitrogens is 2. The van der Waals surface area contributed by atoms with E-state index >= 15 is 0 Å². The Hall–Kier alpha value is -4.02. The number of amides is 1. The second-order valence-corrected chi connectivity index (χ2v) is 8.23. The smallest absolute Gasteiger partial charge is 0.282 e. The third-order valence-electron chi connectivity index (χ3n) is 4.60. The minimum Gasteiger partial charge on any atom is -0.411 e. The Labute approximate surface area is 202 Å². The summed E-state index contributed by atoms with van der Waals surface area (Å²) in [6.07, 6.45) is 0. The molecule has 3 aromatic carbocycles. The Bertz CT molecular complexity index is 1380. The lowest BCUT2D eigenvalue weighted by Crippen LogP contribution is -2.17. The number of carbonyl (C=O) groups excluding carboxylic acids is 2. The highest BCUT2D eigenvalue weighted by Crippen LogP contribution is 2.30. The highest BCUT2D eigenvalue weighted by molar-refractivity contribution is 7.99. The number of anilines is 1. The summed E-state index contributed by atoms with van der Waals surface area (Å²) in [6, 6.07) is 19.3. The van der Waals surface area contributed by atoms with Crippen molar-refractivity contribution in [1.29, 1.82) is 0 Å². The van der Waals surface area contributed by atoms with Crippen molar-refractivity contribution in [2.24, 2.45) is 0 Å². The molecule has 4 rings (SSSR count). The highest BCUT2D eigenvalue weighted by Gasteiger charge is 2.21. The van der Waals surface area contributed by atoms with Crippen molar-refractivity contribution in [3.8, 4) is 11.5 Å². The summed E-state index contributed by atoms with van der Waals surface area (Å²) in [5.41, 5.74) is 1.05. The van der Waals surface area contributed by atoms with Crippen LogP contribution in [0, 0.1) is 10.1 Å². The second kappa shape index (κ2) is 10.3. The van der Waals surface area contributed by atoms with Crippen molar-refractivity contribution in [2.75, 3.05) is 11.1 Å². The predicted molar refractivity (Wildman–Crippen MR) is 127 cm³/mol. The average Bonchev–Trinajstić information content (AvgIpc) is 3.33. The Kier molecular flexibility index (Phi) is 7.00. The van der Waals surface area contributed by atoms with E-state index in [1.165, 1.54) is 24.3 Å². The largest absolute Gasteiger partial charge is 0.411 e. The first kappa shape index (κ1) is 23.1. The van der Waals surface area contributed by atoms with Crippen LogP contribution in [0.1, 0.15) is 15.9 Å². The zero-order valence-corrected chi connectivity index (χ0v) is 18.9. The molecule has 0 spiro atoms. The van der Waals surface area contributed by atoms with Crippen LogP contribution in [0.4, 0.5) is 11.4 Å². The molecule has 170 valence electrons. The van der Waals surface area contributed by atoms with E-state index in [1.54, 1.807) is 48.5 Å². The molecule has 1 aromatic heterocycles. The minimum atomic E-state index is -0.541. The van der Waals surface area contributed by atoms with Crippen molar-refractivity contribution in [1.82, 2.24) is 10.2 Å². The number of carbonyl (C=O) groups is 2. The van der Waals surface area contributed by atoms with Gasteiger partial charge in [-0.15, -0.1) is 10.2 Å². The molecule has 0 saturated heterocycles. The number of rotatable bonds is 8. The van der Waals surface area contributed by atoms with E-state index in [-0.39, 0.29) is 39.5 Å². The molecule has 0 aliphatic rings. The number of nitrogens with one attached hydrogen (secondary N) is 1. The van der Waals surface area contributed by atoms with E-state index in [0.29, 0.717) is 16.3 Å². The molecule has 0 atom stereocenters. The first-order valence-corrected chi connectivity index (χ1v) is 11.2. The van der Waals surface area contributed by atoms with Crippen LogP contribution in [-0.2, 0) is 4.79 Å². The summed E-state index contributed by atoms with van der Waals surface area (Å²) in [5.74, 6) is -0.819. The van der Waals surface area contributed by atoms with Crippen molar-refractivity contribution < 1.29 is 18.9 Å². The van der Waals surface area contributed by atoms with Crippen molar-refractivity contribution in [3.05, 3.63) is 99.1 Å². The van der Waals surface area contributed by atoms with Gasteiger partial charge in [-0.25, -0.2) is 0 Å². The van der Waals surface area contributed by atoms with Crippen LogP contribution in [-0.4, -0.2) is 32.6 Å². The number of halogens is 1. The van der Waals surface area contributed by atoms with Gasteiger partial charge in [0.05, 0.1) is 16.4 Å². The minimum absolute atomic E-state index is 0.0244. The topological polar surface area (TPSA) is 128 Å². The molecule has 1 N–H and O–H groups in total. The molecule has 0 saturated carbocycles. The lowest BCUT2D eigenvalue weighted by molar-refractivity contribution is -0.384. The summed E-state index contributed by atoms with van der Waals surface area (Å²) < 4.78 is 5.48. The van der Waals surface area contributed by atoms with Gasteiger partial charge < -0.3 is 9.73 Å². The van der Waals surface area contributed by atoms with Crippen LogP contribution < -0.4 is 5.32 Å². The standard InChI is InChI=1S/C23H15ClN4O5S/c24-15-10-11-18(17(12-15)21(30)14-6-2-1-3-7-14)25-20(29)13-34-23-27-26-22(33-23)16-8-4-5-9-19(16)28(31)32/h1-12H,13H2,(H,25,29). The van der Waals surface area contributed by atoms with Crippen LogP contribution in [0.5, 0.6) is 0 Å². The highest BCUT2D eigenvalue weighted by atomic mass is 35.5. The predicted octanol–water partition coefficient (Wildman–Crippen LogP) is 5.26. The van der Waals surface area contributed by atoms with Gasteiger partial charge in [0, 0.05) is 22.2 Å². The number of benzene rings is 3. The van der Waals surface area contributed by atoms with Gasteiger partial charge in [-0.05, 0) is 24.3 Å². The number of nitro benzene ring substituents is 1. The normalized spacial score (nSPS) is 10.6. The maximum Gasteiger partial charge on any atom is 0.282 e. The quantitative estimate of drug-likeness (QED) is 0.152. The Morgan fingerprint density at radius 2 is 1.76 bits per heavy atom. The number of hydrogen-bond donors (Lipinski definition) is 1. The van der Waals surface area contributed by atoms with E-state index in [4.69, 9.17) is 16.0 Å².